The highest BCUT2D eigenvalue weighted by Gasteiger charge is 2.21. The monoisotopic (exact) mass is 482 g/mol. The van der Waals surface area contributed by atoms with Gasteiger partial charge in [0.25, 0.3) is 0 Å². The van der Waals surface area contributed by atoms with E-state index in [-0.39, 0.29) is 5.78 Å². The maximum atomic E-state index is 12.9. The second-order valence-electron chi connectivity index (χ2n) is 7.87. The summed E-state index contributed by atoms with van der Waals surface area (Å²) in [4.78, 5) is 34.3. The number of fused-ring (bicyclic) bond motifs is 1. The second-order valence-corrected chi connectivity index (χ2v) is 8.69. The average Bonchev–Trinajstić information content (AvgIpc) is 3.15. The number of benzene rings is 2. The predicted molar refractivity (Wildman–Crippen MR) is 128 cm³/mol. The molecule has 1 aliphatic rings. The van der Waals surface area contributed by atoms with E-state index in [0.717, 1.165) is 32.0 Å². The Morgan fingerprint density at radius 2 is 1.70 bits per heavy atom. The summed E-state index contributed by atoms with van der Waals surface area (Å²) >= 11 is 12.0. The second kappa shape index (κ2) is 9.02. The van der Waals surface area contributed by atoms with Crippen molar-refractivity contribution in [3.63, 3.8) is 0 Å². The van der Waals surface area contributed by atoms with Crippen molar-refractivity contribution in [3.8, 4) is 0 Å². The van der Waals surface area contributed by atoms with Crippen molar-refractivity contribution in [3.05, 3.63) is 92.5 Å². The lowest BCUT2D eigenvalue weighted by Gasteiger charge is -2.35. The molecule has 9 heteroatoms. The van der Waals surface area contributed by atoms with Crippen LogP contribution in [-0.4, -0.2) is 46.4 Å². The summed E-state index contributed by atoms with van der Waals surface area (Å²) in [6.45, 7) is 3.66. The van der Waals surface area contributed by atoms with Crippen LogP contribution in [0, 0.1) is 0 Å². The van der Waals surface area contributed by atoms with Gasteiger partial charge in [0.05, 0.1) is 22.2 Å². The van der Waals surface area contributed by atoms with Crippen LogP contribution in [-0.2, 0) is 6.67 Å². The first kappa shape index (κ1) is 21.7. The number of pyridine rings is 1. The Balaban J connectivity index is 1.33. The van der Waals surface area contributed by atoms with Crippen LogP contribution in [0.2, 0.25) is 10.0 Å². The summed E-state index contributed by atoms with van der Waals surface area (Å²) in [6, 6.07) is 15.6. The molecular formula is C24H20Cl2N4O3. The molecule has 1 saturated heterocycles. The van der Waals surface area contributed by atoms with Crippen molar-refractivity contribution < 1.29 is 9.21 Å². The van der Waals surface area contributed by atoms with E-state index in [2.05, 4.69) is 14.8 Å². The van der Waals surface area contributed by atoms with Crippen LogP contribution >= 0.6 is 23.2 Å². The van der Waals surface area contributed by atoms with Gasteiger partial charge in [0.2, 0.25) is 0 Å². The molecule has 0 aliphatic carbocycles. The zero-order valence-corrected chi connectivity index (χ0v) is 19.1. The molecule has 2 aromatic carbocycles. The van der Waals surface area contributed by atoms with E-state index < -0.39 is 5.76 Å². The van der Waals surface area contributed by atoms with E-state index in [1.807, 2.05) is 18.2 Å². The molecule has 0 bridgehead atoms. The van der Waals surface area contributed by atoms with E-state index in [9.17, 15) is 9.59 Å². The summed E-state index contributed by atoms with van der Waals surface area (Å²) < 4.78 is 7.06. The maximum Gasteiger partial charge on any atom is 0.421 e. The fourth-order valence-electron chi connectivity index (χ4n) is 4.00. The Morgan fingerprint density at radius 3 is 2.42 bits per heavy atom. The zero-order chi connectivity index (χ0) is 22.9. The molecule has 0 unspecified atom stereocenters. The Bertz CT molecular complexity index is 1380. The van der Waals surface area contributed by atoms with Crippen LogP contribution in [0.5, 0.6) is 0 Å². The maximum absolute atomic E-state index is 12.9. The van der Waals surface area contributed by atoms with E-state index >= 15 is 0 Å². The third kappa shape index (κ3) is 4.39. The van der Waals surface area contributed by atoms with Crippen molar-refractivity contribution in [1.82, 2.24) is 14.5 Å². The molecule has 3 heterocycles. The highest BCUT2D eigenvalue weighted by atomic mass is 35.5. The molecule has 1 fully saturated rings. The Labute approximate surface area is 199 Å². The summed E-state index contributed by atoms with van der Waals surface area (Å²) in [5.41, 5.74) is 1.85. The Morgan fingerprint density at radius 1 is 0.939 bits per heavy atom. The van der Waals surface area contributed by atoms with Gasteiger partial charge in [-0.05, 0) is 48.5 Å². The van der Waals surface area contributed by atoms with Gasteiger partial charge in [0.15, 0.2) is 11.4 Å². The third-order valence-electron chi connectivity index (χ3n) is 5.80. The summed E-state index contributed by atoms with van der Waals surface area (Å²) in [5, 5.41) is 0.692. The lowest BCUT2D eigenvalue weighted by Crippen LogP contribution is -2.47. The van der Waals surface area contributed by atoms with Gasteiger partial charge in [-0.25, -0.2) is 9.78 Å². The van der Waals surface area contributed by atoms with E-state index in [4.69, 9.17) is 27.6 Å². The molecule has 0 spiro atoms. The highest BCUT2D eigenvalue weighted by molar-refractivity contribution is 6.42. The average molecular weight is 483 g/mol. The predicted octanol–water partition coefficient (Wildman–Crippen LogP) is 4.31. The van der Waals surface area contributed by atoms with Gasteiger partial charge in [-0.15, -0.1) is 0 Å². The molecule has 0 N–H and O–H groups in total. The molecule has 2 aromatic heterocycles. The number of piperazine rings is 1. The van der Waals surface area contributed by atoms with Crippen LogP contribution in [0.4, 0.5) is 5.82 Å². The van der Waals surface area contributed by atoms with Crippen LogP contribution in [0.25, 0.3) is 11.1 Å². The van der Waals surface area contributed by atoms with Crippen LogP contribution in [0.15, 0.2) is 70.0 Å². The molecule has 5 rings (SSSR count). The van der Waals surface area contributed by atoms with Crippen molar-refractivity contribution in [2.75, 3.05) is 31.1 Å². The van der Waals surface area contributed by atoms with Crippen molar-refractivity contribution in [2.24, 2.45) is 0 Å². The molecule has 0 amide bonds. The van der Waals surface area contributed by atoms with Crippen molar-refractivity contribution >= 4 is 45.9 Å². The number of aromatic nitrogens is 2. The fourth-order valence-corrected chi connectivity index (χ4v) is 4.30. The molecule has 4 aromatic rings. The van der Waals surface area contributed by atoms with Gasteiger partial charge in [-0.2, -0.15) is 0 Å². The van der Waals surface area contributed by atoms with Crippen LogP contribution in [0.3, 0.4) is 0 Å². The molecule has 168 valence electrons. The van der Waals surface area contributed by atoms with Crippen molar-refractivity contribution in [1.29, 1.82) is 0 Å². The molecule has 0 radical (unpaired) electrons. The first-order chi connectivity index (χ1) is 16.0. The first-order valence-corrected chi connectivity index (χ1v) is 11.3. The first-order valence-electron chi connectivity index (χ1n) is 10.5. The SMILES string of the molecule is O=C(c1ccc(Cl)c(Cl)c1)c1ccc2c(c1)oc(=O)n2CN1CCN(c2ccccn2)CC1. The van der Waals surface area contributed by atoms with Crippen LogP contribution < -0.4 is 10.7 Å². The lowest BCUT2D eigenvalue weighted by molar-refractivity contribution is 0.103. The van der Waals surface area contributed by atoms with Gasteiger partial charge < -0.3 is 9.32 Å². The molecular weight excluding hydrogens is 463 g/mol. The van der Waals surface area contributed by atoms with E-state index in [1.54, 1.807) is 41.1 Å². The molecule has 7 nitrogen and oxygen atoms in total. The standard InChI is InChI=1S/C24H20Cl2N4O3/c25-18-6-4-16(13-19(18)26)23(31)17-5-7-20-21(14-17)33-24(32)30(20)15-28-9-11-29(12-10-28)22-3-1-2-8-27-22/h1-8,13-14H,9-12,15H2. The smallest absolute Gasteiger partial charge is 0.408 e. The molecule has 1 aliphatic heterocycles. The van der Waals surface area contributed by atoms with Gasteiger partial charge in [0.1, 0.15) is 5.82 Å². The minimum atomic E-state index is -0.448. The number of hydrogen-bond acceptors (Lipinski definition) is 6. The zero-order valence-electron chi connectivity index (χ0n) is 17.6. The third-order valence-corrected chi connectivity index (χ3v) is 6.54. The van der Waals surface area contributed by atoms with Gasteiger partial charge in [0, 0.05) is 43.5 Å². The van der Waals surface area contributed by atoms with Gasteiger partial charge >= 0.3 is 5.76 Å². The Hall–Kier alpha value is -3.13. The quantitative estimate of drug-likeness (QED) is 0.394. The van der Waals surface area contributed by atoms with E-state index in [0.29, 0.717) is 38.9 Å². The minimum Gasteiger partial charge on any atom is -0.408 e. The summed E-state index contributed by atoms with van der Waals surface area (Å²) in [5.74, 6) is 0.287. The highest BCUT2D eigenvalue weighted by Crippen LogP contribution is 2.25. The number of ketones is 1. The number of carbonyl (C=O) groups is 1. The lowest BCUT2D eigenvalue weighted by atomic mass is 10.0. The molecule has 0 saturated carbocycles. The largest absolute Gasteiger partial charge is 0.421 e. The Kier molecular flexibility index (Phi) is 5.93. The minimum absolute atomic E-state index is 0.225. The van der Waals surface area contributed by atoms with Crippen LogP contribution in [0.1, 0.15) is 15.9 Å². The number of halogens is 2. The number of anilines is 1. The normalized spacial score (nSPS) is 14.7. The molecule has 0 atom stereocenters. The number of nitrogens with zero attached hydrogens (tertiary/aromatic N) is 4. The van der Waals surface area contributed by atoms with Crippen molar-refractivity contribution in [2.45, 2.75) is 6.67 Å². The van der Waals surface area contributed by atoms with E-state index in [1.165, 1.54) is 6.07 Å². The number of oxazole rings is 1. The van der Waals surface area contributed by atoms with Gasteiger partial charge in [-0.1, -0.05) is 29.3 Å². The number of rotatable bonds is 5. The molecule has 33 heavy (non-hydrogen) atoms. The number of hydrogen-bond donors (Lipinski definition) is 0. The summed E-state index contributed by atoms with van der Waals surface area (Å²) in [7, 11) is 0. The number of carbonyl (C=O) groups excluding carboxylic acids is 1. The fraction of sp³-hybridized carbons (Fsp3) is 0.208. The van der Waals surface area contributed by atoms with Gasteiger partial charge in [-0.3, -0.25) is 14.3 Å². The topological polar surface area (TPSA) is 71.6 Å². The summed E-state index contributed by atoms with van der Waals surface area (Å²) in [6.07, 6.45) is 1.79.